The number of rotatable bonds is 4. The van der Waals surface area contributed by atoms with Gasteiger partial charge in [0.05, 0.1) is 11.7 Å². The zero-order valence-corrected chi connectivity index (χ0v) is 15.8. The molecule has 4 aromatic rings. The van der Waals surface area contributed by atoms with E-state index in [1.165, 1.54) is 6.33 Å². The van der Waals surface area contributed by atoms with Gasteiger partial charge < -0.3 is 5.32 Å². The Morgan fingerprint density at radius 3 is 2.38 bits per heavy atom. The third-order valence-electron chi connectivity index (χ3n) is 4.78. The zero-order valence-electron chi connectivity index (χ0n) is 15.8. The molecule has 150 valence electrons. The molecule has 0 aliphatic rings. The molecular formula is C18H17F3N8. The first-order valence-corrected chi connectivity index (χ1v) is 8.77. The van der Waals surface area contributed by atoms with Crippen LogP contribution in [0.3, 0.4) is 0 Å². The number of hydrogen-bond acceptors (Lipinski definition) is 6. The van der Waals surface area contributed by atoms with Gasteiger partial charge in [-0.2, -0.15) is 22.8 Å². The molecule has 3 aromatic heterocycles. The van der Waals surface area contributed by atoms with Crippen LogP contribution in [0.25, 0.3) is 11.3 Å². The number of halogens is 3. The van der Waals surface area contributed by atoms with Gasteiger partial charge in [-0.15, -0.1) is 15.3 Å². The van der Waals surface area contributed by atoms with Gasteiger partial charge in [0.2, 0.25) is 0 Å². The van der Waals surface area contributed by atoms with Gasteiger partial charge in [-0.3, -0.25) is 0 Å². The van der Waals surface area contributed by atoms with E-state index in [0.717, 1.165) is 15.8 Å². The highest BCUT2D eigenvalue weighted by Crippen LogP contribution is 2.30. The molecule has 0 radical (unpaired) electrons. The Bertz CT molecular complexity index is 1150. The van der Waals surface area contributed by atoms with Crippen LogP contribution < -0.4 is 5.32 Å². The van der Waals surface area contributed by atoms with Gasteiger partial charge in [0.1, 0.15) is 12.7 Å². The van der Waals surface area contributed by atoms with E-state index >= 15 is 0 Å². The van der Waals surface area contributed by atoms with Gasteiger partial charge in [0, 0.05) is 5.56 Å². The molecule has 11 heteroatoms. The molecule has 0 saturated heterocycles. The van der Waals surface area contributed by atoms with E-state index < -0.39 is 12.0 Å². The fourth-order valence-electron chi connectivity index (χ4n) is 2.99. The molecule has 1 aromatic carbocycles. The van der Waals surface area contributed by atoms with Crippen LogP contribution in [0, 0.1) is 13.8 Å². The summed E-state index contributed by atoms with van der Waals surface area (Å²) in [6, 6.07) is 7.40. The van der Waals surface area contributed by atoms with Crippen LogP contribution in [0.5, 0.6) is 0 Å². The normalized spacial score (nSPS) is 13.0. The van der Waals surface area contributed by atoms with Crippen molar-refractivity contribution >= 4 is 11.5 Å². The minimum Gasteiger partial charge on any atom is -0.362 e. The van der Waals surface area contributed by atoms with E-state index in [1.807, 2.05) is 31.2 Å². The second-order valence-electron chi connectivity index (χ2n) is 6.65. The number of fused-ring (bicyclic) bond motifs is 1. The van der Waals surface area contributed by atoms with Crippen LogP contribution in [0.1, 0.15) is 35.5 Å². The van der Waals surface area contributed by atoms with Crippen molar-refractivity contribution < 1.29 is 13.2 Å². The highest BCUT2D eigenvalue weighted by atomic mass is 19.4. The number of benzene rings is 1. The Morgan fingerprint density at radius 1 is 1.03 bits per heavy atom. The second kappa shape index (κ2) is 6.83. The number of aryl methyl sites for hydroxylation is 1. The third kappa shape index (κ3) is 3.39. The average Bonchev–Trinajstić information content (AvgIpc) is 3.35. The van der Waals surface area contributed by atoms with E-state index in [0.29, 0.717) is 16.9 Å². The fourth-order valence-corrected chi connectivity index (χ4v) is 2.99. The van der Waals surface area contributed by atoms with E-state index in [1.54, 1.807) is 24.9 Å². The lowest BCUT2D eigenvalue weighted by atomic mass is 10.1. The second-order valence-corrected chi connectivity index (χ2v) is 6.65. The average molecular weight is 402 g/mol. The van der Waals surface area contributed by atoms with Crippen molar-refractivity contribution in [1.82, 2.24) is 34.6 Å². The number of hydrogen-bond donors (Lipinski definition) is 1. The van der Waals surface area contributed by atoms with Crippen LogP contribution in [0.15, 0.2) is 36.9 Å². The number of nitrogens with one attached hydrogen (secondary N) is 1. The first-order chi connectivity index (χ1) is 13.8. The zero-order chi connectivity index (χ0) is 20.8. The maximum absolute atomic E-state index is 13.2. The summed E-state index contributed by atoms with van der Waals surface area (Å²) in [5.41, 5.74) is 3.17. The van der Waals surface area contributed by atoms with Gasteiger partial charge >= 0.3 is 6.18 Å². The van der Waals surface area contributed by atoms with Crippen molar-refractivity contribution in [2.24, 2.45) is 0 Å². The summed E-state index contributed by atoms with van der Waals surface area (Å²) in [6.45, 7) is 5.39. The molecule has 0 saturated carbocycles. The van der Waals surface area contributed by atoms with Crippen LogP contribution in [0.4, 0.5) is 19.0 Å². The molecule has 3 heterocycles. The predicted octanol–water partition coefficient (Wildman–Crippen LogP) is 3.51. The molecule has 0 bridgehead atoms. The number of nitrogens with zero attached hydrogens (tertiary/aromatic N) is 7. The third-order valence-corrected chi connectivity index (χ3v) is 4.78. The van der Waals surface area contributed by atoms with Crippen molar-refractivity contribution in [3.05, 3.63) is 59.4 Å². The minimum absolute atomic E-state index is 0.0882. The maximum atomic E-state index is 13.2. The molecule has 1 unspecified atom stereocenters. The van der Waals surface area contributed by atoms with E-state index in [9.17, 15) is 13.2 Å². The first kappa shape index (κ1) is 18.8. The van der Waals surface area contributed by atoms with Crippen molar-refractivity contribution in [3.8, 4) is 5.69 Å². The highest BCUT2D eigenvalue weighted by molar-refractivity contribution is 5.58. The summed E-state index contributed by atoms with van der Waals surface area (Å²) in [6.07, 6.45) is -1.60. The molecule has 1 atom stereocenters. The minimum atomic E-state index is -4.64. The van der Waals surface area contributed by atoms with Gasteiger partial charge in [0.25, 0.3) is 5.82 Å². The Kier molecular flexibility index (Phi) is 4.44. The van der Waals surface area contributed by atoms with Gasteiger partial charge in [0.15, 0.2) is 11.5 Å². The molecule has 1 N–H and O–H groups in total. The Hall–Kier alpha value is -3.50. The highest BCUT2D eigenvalue weighted by Gasteiger charge is 2.38. The molecular weight excluding hydrogens is 385 g/mol. The molecule has 0 fully saturated rings. The molecule has 4 rings (SSSR count). The fraction of sp³-hybridized carbons (Fsp3) is 0.278. The van der Waals surface area contributed by atoms with Crippen molar-refractivity contribution in [2.45, 2.75) is 33.0 Å². The van der Waals surface area contributed by atoms with E-state index in [-0.39, 0.29) is 11.7 Å². The lowest BCUT2D eigenvalue weighted by molar-refractivity contribution is -0.146. The summed E-state index contributed by atoms with van der Waals surface area (Å²) < 4.78 is 42.0. The van der Waals surface area contributed by atoms with Gasteiger partial charge in [-0.25, -0.2) is 9.67 Å². The van der Waals surface area contributed by atoms with Crippen LogP contribution >= 0.6 is 0 Å². The largest absolute Gasteiger partial charge is 0.453 e. The quantitative estimate of drug-likeness (QED) is 0.562. The molecule has 8 nitrogen and oxygen atoms in total. The van der Waals surface area contributed by atoms with Crippen LogP contribution in [-0.2, 0) is 6.18 Å². The number of alkyl halides is 3. The number of anilines is 1. The molecule has 0 spiro atoms. The standard InChI is InChI=1S/C18H17F3N8/c1-10-11(2)16-25-26-17(18(19,20)21)29(16)27-15(10)24-12(3)13-4-6-14(7-5-13)28-9-22-8-23-28/h4-9,12H,1-3H3,(H,24,27). The lowest BCUT2D eigenvalue weighted by Crippen LogP contribution is -2.16. The van der Waals surface area contributed by atoms with Crippen molar-refractivity contribution in [3.63, 3.8) is 0 Å². The summed E-state index contributed by atoms with van der Waals surface area (Å²) in [7, 11) is 0. The molecule has 0 aliphatic carbocycles. The number of aromatic nitrogens is 7. The Balaban J connectivity index is 1.65. The maximum Gasteiger partial charge on any atom is 0.453 e. The Morgan fingerprint density at radius 2 is 1.76 bits per heavy atom. The van der Waals surface area contributed by atoms with Crippen LogP contribution in [-0.4, -0.2) is 34.6 Å². The molecule has 0 amide bonds. The molecule has 0 aliphatic heterocycles. The lowest BCUT2D eigenvalue weighted by Gasteiger charge is -2.18. The van der Waals surface area contributed by atoms with Crippen molar-refractivity contribution in [2.75, 3.05) is 5.32 Å². The first-order valence-electron chi connectivity index (χ1n) is 8.77. The van der Waals surface area contributed by atoms with E-state index in [2.05, 4.69) is 30.7 Å². The predicted molar refractivity (Wildman–Crippen MR) is 98.7 cm³/mol. The summed E-state index contributed by atoms with van der Waals surface area (Å²) in [5, 5.41) is 18.3. The molecule has 29 heavy (non-hydrogen) atoms. The summed E-state index contributed by atoms with van der Waals surface area (Å²) >= 11 is 0. The Labute approximate surface area is 163 Å². The monoisotopic (exact) mass is 402 g/mol. The van der Waals surface area contributed by atoms with E-state index in [4.69, 9.17) is 0 Å². The van der Waals surface area contributed by atoms with Crippen LogP contribution in [0.2, 0.25) is 0 Å². The summed E-state index contributed by atoms with van der Waals surface area (Å²) in [4.78, 5) is 3.91. The van der Waals surface area contributed by atoms with Crippen molar-refractivity contribution in [1.29, 1.82) is 0 Å². The van der Waals surface area contributed by atoms with Gasteiger partial charge in [-0.1, -0.05) is 12.1 Å². The summed E-state index contributed by atoms with van der Waals surface area (Å²) in [5.74, 6) is -0.809. The topological polar surface area (TPSA) is 85.8 Å². The smallest absolute Gasteiger partial charge is 0.362 e. The SMILES string of the molecule is Cc1c(NC(C)c2ccc(-n3cncn3)cc2)nn2c(C(F)(F)F)nnc2c1C. The van der Waals surface area contributed by atoms with Gasteiger partial charge in [-0.05, 0) is 44.0 Å².